The molecule has 0 aliphatic carbocycles. The van der Waals surface area contributed by atoms with Crippen LogP contribution >= 0.6 is 0 Å². The van der Waals surface area contributed by atoms with Crippen molar-refractivity contribution < 1.29 is 9.53 Å². The van der Waals surface area contributed by atoms with Gasteiger partial charge in [0.2, 0.25) is 0 Å². The largest absolute Gasteiger partial charge is 0.444 e. The van der Waals surface area contributed by atoms with Crippen LogP contribution in [0.3, 0.4) is 0 Å². The van der Waals surface area contributed by atoms with Crippen molar-refractivity contribution in [2.45, 2.75) is 46.6 Å². The molecule has 6 nitrogen and oxygen atoms in total. The van der Waals surface area contributed by atoms with E-state index in [1.807, 2.05) is 46.9 Å². The molecule has 6 heteroatoms. The van der Waals surface area contributed by atoms with E-state index >= 15 is 0 Å². The number of H-pyrrole nitrogens is 1. The molecule has 1 saturated heterocycles. The van der Waals surface area contributed by atoms with E-state index in [0.717, 1.165) is 46.8 Å². The lowest BCUT2D eigenvalue weighted by molar-refractivity contribution is 0.0263. The van der Waals surface area contributed by atoms with Crippen molar-refractivity contribution in [1.29, 1.82) is 0 Å². The molecule has 2 aromatic heterocycles. The first-order valence-corrected chi connectivity index (χ1v) is 9.66. The second-order valence-electron chi connectivity index (χ2n) is 7.89. The fraction of sp³-hybridized carbons (Fsp3) is 0.524. The molecule has 3 rings (SSSR count). The van der Waals surface area contributed by atoms with Gasteiger partial charge in [-0.1, -0.05) is 12.2 Å². The van der Waals surface area contributed by atoms with Crippen LogP contribution in [0.15, 0.2) is 12.3 Å². The van der Waals surface area contributed by atoms with Crippen LogP contribution in [-0.4, -0.2) is 52.7 Å². The van der Waals surface area contributed by atoms with Crippen LogP contribution in [0, 0.1) is 0 Å². The maximum Gasteiger partial charge on any atom is 0.410 e. The average molecular weight is 370 g/mol. The molecular formula is C21H30N4O2. The average Bonchev–Trinajstić information content (AvgIpc) is 2.96. The van der Waals surface area contributed by atoms with Crippen LogP contribution in [0.2, 0.25) is 0 Å². The van der Waals surface area contributed by atoms with Crippen molar-refractivity contribution in [2.75, 3.05) is 31.1 Å². The molecule has 0 atom stereocenters. The lowest BCUT2D eigenvalue weighted by atomic mass is 10.2. The Morgan fingerprint density at radius 1 is 1.19 bits per heavy atom. The number of ether oxygens (including phenoxy) is 1. The Bertz CT molecular complexity index is 939. The predicted molar refractivity (Wildman–Crippen MR) is 110 cm³/mol. The third-order valence-electron chi connectivity index (χ3n) is 4.77. The van der Waals surface area contributed by atoms with Crippen LogP contribution in [0.4, 0.5) is 10.6 Å². The molecule has 1 aliphatic rings. The van der Waals surface area contributed by atoms with Gasteiger partial charge in [0.1, 0.15) is 11.4 Å². The zero-order chi connectivity index (χ0) is 19.6. The number of nitrogens with zero attached hydrogens (tertiary/aromatic N) is 3. The standard InChI is InChI=1S/C21H30N4O2/c1-6-15-17(7-2)23-19(16-9-10-22-18(15)16)24-11-8-12-25(14-13-24)20(26)27-21(3,4)5/h6-7,9-10,22H,8,11-14H2,1-5H3. The first kappa shape index (κ1) is 19.3. The molecular weight excluding hydrogens is 340 g/mol. The maximum atomic E-state index is 12.4. The minimum Gasteiger partial charge on any atom is -0.444 e. The molecule has 27 heavy (non-hydrogen) atoms. The molecule has 3 heterocycles. The van der Waals surface area contributed by atoms with Gasteiger partial charge in [-0.05, 0) is 47.1 Å². The van der Waals surface area contributed by atoms with Crippen molar-refractivity contribution in [3.8, 4) is 0 Å². The number of pyridine rings is 1. The Kier molecular flexibility index (Phi) is 5.44. The summed E-state index contributed by atoms with van der Waals surface area (Å²) in [6.45, 7) is 12.7. The number of carbonyl (C=O) groups is 1. The number of fused-ring (bicyclic) bond motifs is 1. The molecule has 0 bridgehead atoms. The summed E-state index contributed by atoms with van der Waals surface area (Å²) in [6, 6.07) is 2.08. The Hall–Kier alpha value is -2.50. The van der Waals surface area contributed by atoms with Gasteiger partial charge >= 0.3 is 6.09 Å². The number of carbonyl (C=O) groups excluding carboxylic acids is 1. The number of aromatic nitrogens is 2. The van der Waals surface area contributed by atoms with Crippen LogP contribution in [0.5, 0.6) is 0 Å². The third-order valence-corrected chi connectivity index (χ3v) is 4.77. The van der Waals surface area contributed by atoms with Gasteiger partial charge in [0.05, 0.1) is 10.9 Å². The Morgan fingerprint density at radius 3 is 2.63 bits per heavy atom. The van der Waals surface area contributed by atoms with Crippen molar-refractivity contribution in [3.05, 3.63) is 22.8 Å². The van der Waals surface area contributed by atoms with Crippen molar-refractivity contribution in [2.24, 2.45) is 0 Å². The van der Waals surface area contributed by atoms with Gasteiger partial charge < -0.3 is 19.5 Å². The van der Waals surface area contributed by atoms with Crippen molar-refractivity contribution >= 4 is 35.0 Å². The summed E-state index contributed by atoms with van der Waals surface area (Å²) in [5.41, 5.74) is 0.643. The molecule has 0 radical (unpaired) electrons. The van der Waals surface area contributed by atoms with E-state index in [4.69, 9.17) is 9.72 Å². The minimum atomic E-state index is -0.472. The van der Waals surface area contributed by atoms with Gasteiger partial charge in [-0.3, -0.25) is 0 Å². The molecule has 146 valence electrons. The van der Waals surface area contributed by atoms with Gasteiger partial charge in [0.15, 0.2) is 0 Å². The van der Waals surface area contributed by atoms with Crippen LogP contribution < -0.4 is 15.5 Å². The van der Waals surface area contributed by atoms with Gasteiger partial charge in [-0.2, -0.15) is 0 Å². The summed E-state index contributed by atoms with van der Waals surface area (Å²) in [4.78, 5) is 24.8. The molecule has 1 N–H and O–H groups in total. The molecule has 2 aromatic rings. The summed E-state index contributed by atoms with van der Waals surface area (Å²) in [6.07, 6.45) is 6.76. The highest BCUT2D eigenvalue weighted by molar-refractivity contribution is 5.91. The molecule has 0 saturated carbocycles. The number of hydrogen-bond acceptors (Lipinski definition) is 4. The van der Waals surface area contributed by atoms with E-state index in [1.54, 1.807) is 4.90 Å². The fourth-order valence-electron chi connectivity index (χ4n) is 3.53. The second-order valence-corrected chi connectivity index (χ2v) is 7.89. The molecule has 1 aliphatic heterocycles. The van der Waals surface area contributed by atoms with E-state index in [9.17, 15) is 4.79 Å². The highest BCUT2D eigenvalue weighted by Gasteiger charge is 2.25. The monoisotopic (exact) mass is 370 g/mol. The minimum absolute atomic E-state index is 0.234. The van der Waals surface area contributed by atoms with Gasteiger partial charge in [-0.15, -0.1) is 0 Å². The summed E-state index contributed by atoms with van der Waals surface area (Å²) < 4.78 is 5.54. The van der Waals surface area contributed by atoms with Crippen LogP contribution in [0.25, 0.3) is 23.1 Å². The van der Waals surface area contributed by atoms with Crippen molar-refractivity contribution in [3.63, 3.8) is 0 Å². The van der Waals surface area contributed by atoms with E-state index < -0.39 is 5.60 Å². The quantitative estimate of drug-likeness (QED) is 0.838. The summed E-state index contributed by atoms with van der Waals surface area (Å²) >= 11 is 0. The number of amides is 1. The zero-order valence-corrected chi connectivity index (χ0v) is 17.0. The number of hydrogen-bond donors (Lipinski definition) is 1. The summed E-state index contributed by atoms with van der Waals surface area (Å²) in [5, 5.41) is 3.24. The van der Waals surface area contributed by atoms with Crippen LogP contribution in [0.1, 0.15) is 41.0 Å². The summed E-state index contributed by atoms with van der Waals surface area (Å²) in [5.74, 6) is 0.982. The van der Waals surface area contributed by atoms with Gasteiger partial charge in [0, 0.05) is 43.0 Å². The Balaban J connectivity index is 1.89. The topological polar surface area (TPSA) is 61.5 Å². The SMILES string of the molecule is CC=c1nc(N2CCCN(C(=O)OC(C)(C)C)CC2)c2cc[nH]c2c1=CC. The van der Waals surface area contributed by atoms with Gasteiger partial charge in [0.25, 0.3) is 0 Å². The number of rotatable bonds is 1. The predicted octanol–water partition coefficient (Wildman–Crippen LogP) is 2.61. The second kappa shape index (κ2) is 7.62. The first-order chi connectivity index (χ1) is 12.8. The van der Waals surface area contributed by atoms with Crippen molar-refractivity contribution in [1.82, 2.24) is 14.9 Å². The maximum absolute atomic E-state index is 12.4. The van der Waals surface area contributed by atoms with E-state index in [1.165, 1.54) is 0 Å². The highest BCUT2D eigenvalue weighted by atomic mass is 16.6. The lowest BCUT2D eigenvalue weighted by Crippen LogP contribution is -2.39. The molecule has 0 spiro atoms. The number of anilines is 1. The summed E-state index contributed by atoms with van der Waals surface area (Å²) in [7, 11) is 0. The molecule has 1 amide bonds. The lowest BCUT2D eigenvalue weighted by Gasteiger charge is -2.26. The number of nitrogens with one attached hydrogen (secondary N) is 1. The smallest absolute Gasteiger partial charge is 0.410 e. The first-order valence-electron chi connectivity index (χ1n) is 9.66. The molecule has 0 aromatic carbocycles. The molecule has 1 fully saturated rings. The Labute approximate surface area is 160 Å². The Morgan fingerprint density at radius 2 is 1.96 bits per heavy atom. The van der Waals surface area contributed by atoms with Crippen LogP contribution in [-0.2, 0) is 4.74 Å². The zero-order valence-electron chi connectivity index (χ0n) is 17.0. The molecule has 0 unspecified atom stereocenters. The van der Waals surface area contributed by atoms with E-state index in [-0.39, 0.29) is 6.09 Å². The fourth-order valence-corrected chi connectivity index (χ4v) is 3.53. The van der Waals surface area contributed by atoms with E-state index in [2.05, 4.69) is 22.0 Å². The highest BCUT2D eigenvalue weighted by Crippen LogP contribution is 2.22. The third kappa shape index (κ3) is 4.10. The normalized spacial score (nSPS) is 17.5. The van der Waals surface area contributed by atoms with E-state index in [0.29, 0.717) is 13.1 Å². The number of aromatic amines is 1. The van der Waals surface area contributed by atoms with Gasteiger partial charge in [-0.25, -0.2) is 9.78 Å².